The third-order valence-corrected chi connectivity index (χ3v) is 5.57. The SMILES string of the molecule is Cc1cc(C)c(S(=O)(=O)NC(Cc2ccccc2)C(=O)O)cc1C. The summed E-state index contributed by atoms with van der Waals surface area (Å²) in [7, 11) is -3.93. The van der Waals surface area contributed by atoms with Crippen LogP contribution in [0.3, 0.4) is 0 Å². The molecule has 0 radical (unpaired) electrons. The van der Waals surface area contributed by atoms with E-state index in [1.165, 1.54) is 0 Å². The molecule has 128 valence electrons. The summed E-state index contributed by atoms with van der Waals surface area (Å²) in [5.74, 6) is -1.20. The summed E-state index contributed by atoms with van der Waals surface area (Å²) in [6.45, 7) is 5.43. The number of sulfonamides is 1. The van der Waals surface area contributed by atoms with Crippen LogP contribution in [0.15, 0.2) is 47.4 Å². The van der Waals surface area contributed by atoms with Gasteiger partial charge in [0.2, 0.25) is 10.0 Å². The Labute approximate surface area is 142 Å². The number of carbonyl (C=O) groups is 1. The minimum absolute atomic E-state index is 0.0826. The predicted octanol–water partition coefficient (Wildman–Crippen LogP) is 2.59. The summed E-state index contributed by atoms with van der Waals surface area (Å²) in [5.41, 5.74) is 3.18. The largest absolute Gasteiger partial charge is 0.480 e. The fourth-order valence-electron chi connectivity index (χ4n) is 2.50. The van der Waals surface area contributed by atoms with Gasteiger partial charge in [-0.25, -0.2) is 8.42 Å². The second-order valence-electron chi connectivity index (χ2n) is 5.90. The molecule has 0 heterocycles. The van der Waals surface area contributed by atoms with Crippen LogP contribution < -0.4 is 4.72 Å². The van der Waals surface area contributed by atoms with Crippen LogP contribution in [0.25, 0.3) is 0 Å². The first kappa shape index (κ1) is 18.2. The predicted molar refractivity (Wildman–Crippen MR) is 92.5 cm³/mol. The van der Waals surface area contributed by atoms with Crippen molar-refractivity contribution >= 4 is 16.0 Å². The normalized spacial score (nSPS) is 12.8. The molecule has 0 aromatic heterocycles. The average Bonchev–Trinajstić information content (AvgIpc) is 2.51. The molecule has 0 saturated carbocycles. The van der Waals surface area contributed by atoms with Gasteiger partial charge in [-0.15, -0.1) is 0 Å². The Balaban J connectivity index is 2.31. The third kappa shape index (κ3) is 4.21. The molecule has 0 aliphatic carbocycles. The van der Waals surface area contributed by atoms with Crippen LogP contribution in [-0.4, -0.2) is 25.5 Å². The Hall–Kier alpha value is -2.18. The standard InChI is InChI=1S/C18H21NO4S/c1-12-9-14(3)17(10-13(12)2)24(22,23)19-16(18(20)21)11-15-7-5-4-6-8-15/h4-10,16,19H,11H2,1-3H3,(H,20,21). The lowest BCUT2D eigenvalue weighted by Crippen LogP contribution is -2.42. The van der Waals surface area contributed by atoms with Crippen LogP contribution in [0.1, 0.15) is 22.3 Å². The Bertz CT molecular complexity index is 845. The molecule has 2 rings (SSSR count). The van der Waals surface area contributed by atoms with Gasteiger partial charge in [0.1, 0.15) is 6.04 Å². The van der Waals surface area contributed by atoms with Crippen LogP contribution in [0, 0.1) is 20.8 Å². The lowest BCUT2D eigenvalue weighted by atomic mass is 10.1. The molecule has 1 atom stereocenters. The second kappa shape index (κ2) is 7.15. The van der Waals surface area contributed by atoms with Gasteiger partial charge < -0.3 is 5.11 Å². The number of aryl methyl sites for hydroxylation is 3. The van der Waals surface area contributed by atoms with Gasteiger partial charge in [-0.2, -0.15) is 4.72 Å². The molecule has 2 aromatic rings. The quantitative estimate of drug-likeness (QED) is 0.841. The van der Waals surface area contributed by atoms with E-state index in [9.17, 15) is 18.3 Å². The Morgan fingerprint density at radius 1 is 1.04 bits per heavy atom. The van der Waals surface area contributed by atoms with Gasteiger partial charge in [0.25, 0.3) is 0 Å². The number of aliphatic carboxylic acids is 1. The van der Waals surface area contributed by atoms with Crippen molar-refractivity contribution in [2.75, 3.05) is 0 Å². The van der Waals surface area contributed by atoms with Gasteiger partial charge in [0, 0.05) is 0 Å². The van der Waals surface area contributed by atoms with E-state index in [0.717, 1.165) is 16.7 Å². The Morgan fingerprint density at radius 2 is 1.62 bits per heavy atom. The number of hydrogen-bond acceptors (Lipinski definition) is 3. The summed E-state index contributed by atoms with van der Waals surface area (Å²) in [6, 6.07) is 11.1. The number of carboxylic acids is 1. The third-order valence-electron chi connectivity index (χ3n) is 3.96. The van der Waals surface area contributed by atoms with Crippen LogP contribution in [0.2, 0.25) is 0 Å². The van der Waals surface area contributed by atoms with Crippen molar-refractivity contribution in [2.45, 2.75) is 38.1 Å². The fraction of sp³-hybridized carbons (Fsp3) is 0.278. The monoisotopic (exact) mass is 347 g/mol. The maximum atomic E-state index is 12.6. The Morgan fingerprint density at radius 3 is 2.21 bits per heavy atom. The summed E-state index contributed by atoms with van der Waals surface area (Å²) >= 11 is 0. The van der Waals surface area contributed by atoms with Gasteiger partial charge in [0.15, 0.2) is 0 Å². The first-order valence-corrected chi connectivity index (χ1v) is 9.06. The smallest absolute Gasteiger partial charge is 0.322 e. The van der Waals surface area contributed by atoms with Crippen molar-refractivity contribution in [1.29, 1.82) is 0 Å². The van der Waals surface area contributed by atoms with Gasteiger partial charge in [-0.3, -0.25) is 4.79 Å². The summed E-state index contributed by atoms with van der Waals surface area (Å²) in [6.07, 6.45) is 0.0826. The summed E-state index contributed by atoms with van der Waals surface area (Å²) < 4.78 is 27.6. The lowest BCUT2D eigenvalue weighted by molar-refractivity contribution is -0.138. The maximum Gasteiger partial charge on any atom is 0.322 e. The van der Waals surface area contributed by atoms with Crippen molar-refractivity contribution in [2.24, 2.45) is 0 Å². The molecule has 0 fully saturated rings. The van der Waals surface area contributed by atoms with Gasteiger partial charge >= 0.3 is 5.97 Å². The molecule has 0 aliphatic heterocycles. The first-order valence-electron chi connectivity index (χ1n) is 7.57. The molecule has 5 nitrogen and oxygen atoms in total. The highest BCUT2D eigenvalue weighted by Crippen LogP contribution is 2.20. The average molecular weight is 347 g/mol. The van der Waals surface area contributed by atoms with E-state index in [0.29, 0.717) is 5.56 Å². The van der Waals surface area contributed by atoms with Crippen LogP contribution >= 0.6 is 0 Å². The van der Waals surface area contributed by atoms with E-state index in [-0.39, 0.29) is 11.3 Å². The molecule has 2 aromatic carbocycles. The van der Waals surface area contributed by atoms with Crippen molar-refractivity contribution in [3.8, 4) is 0 Å². The number of benzene rings is 2. The molecule has 0 amide bonds. The first-order chi connectivity index (χ1) is 11.2. The molecule has 0 spiro atoms. The van der Waals surface area contributed by atoms with Crippen LogP contribution in [0.4, 0.5) is 0 Å². The highest BCUT2D eigenvalue weighted by Gasteiger charge is 2.27. The zero-order valence-corrected chi connectivity index (χ0v) is 14.7. The van der Waals surface area contributed by atoms with Crippen molar-refractivity contribution in [3.63, 3.8) is 0 Å². The maximum absolute atomic E-state index is 12.6. The summed E-state index contributed by atoms with van der Waals surface area (Å²) in [5, 5.41) is 9.39. The second-order valence-corrected chi connectivity index (χ2v) is 7.59. The van der Waals surface area contributed by atoms with Crippen molar-refractivity contribution in [1.82, 2.24) is 4.72 Å². The van der Waals surface area contributed by atoms with Gasteiger partial charge in [0.05, 0.1) is 4.90 Å². The molecule has 0 saturated heterocycles. The highest BCUT2D eigenvalue weighted by atomic mass is 32.2. The van der Waals surface area contributed by atoms with Crippen LogP contribution in [-0.2, 0) is 21.2 Å². The minimum Gasteiger partial charge on any atom is -0.480 e. The Kier molecular flexibility index (Phi) is 5.41. The van der Waals surface area contributed by atoms with Crippen molar-refractivity contribution in [3.05, 3.63) is 64.7 Å². The van der Waals surface area contributed by atoms with E-state index < -0.39 is 22.0 Å². The molecule has 0 aliphatic rings. The van der Waals surface area contributed by atoms with Gasteiger partial charge in [-0.05, 0) is 55.5 Å². The molecule has 1 unspecified atom stereocenters. The molecule has 0 bridgehead atoms. The number of nitrogens with one attached hydrogen (secondary N) is 1. The van der Waals surface area contributed by atoms with Gasteiger partial charge in [-0.1, -0.05) is 36.4 Å². The zero-order chi connectivity index (χ0) is 17.9. The topological polar surface area (TPSA) is 83.5 Å². The van der Waals surface area contributed by atoms with E-state index in [4.69, 9.17) is 0 Å². The molecule has 6 heteroatoms. The van der Waals surface area contributed by atoms with E-state index >= 15 is 0 Å². The molecule has 24 heavy (non-hydrogen) atoms. The van der Waals surface area contributed by atoms with Crippen molar-refractivity contribution < 1.29 is 18.3 Å². The van der Waals surface area contributed by atoms with E-state index in [1.54, 1.807) is 43.3 Å². The number of rotatable bonds is 6. The number of hydrogen-bond donors (Lipinski definition) is 2. The highest BCUT2D eigenvalue weighted by molar-refractivity contribution is 7.89. The van der Waals surface area contributed by atoms with Crippen LogP contribution in [0.5, 0.6) is 0 Å². The van der Waals surface area contributed by atoms with E-state index in [1.807, 2.05) is 19.9 Å². The minimum atomic E-state index is -3.93. The molecular formula is C18H21NO4S. The fourth-order valence-corrected chi connectivity index (χ4v) is 4.00. The molecular weight excluding hydrogens is 326 g/mol. The lowest BCUT2D eigenvalue weighted by Gasteiger charge is -2.17. The number of carboxylic acid groups (broad SMARTS) is 1. The summed E-state index contributed by atoms with van der Waals surface area (Å²) in [4.78, 5) is 11.6. The van der Waals surface area contributed by atoms with E-state index in [2.05, 4.69) is 4.72 Å². The zero-order valence-electron chi connectivity index (χ0n) is 13.9. The molecule has 2 N–H and O–H groups in total.